The van der Waals surface area contributed by atoms with Crippen LogP contribution >= 0.6 is 8.58 Å². The third kappa shape index (κ3) is 4.54. The summed E-state index contributed by atoms with van der Waals surface area (Å²) in [6.45, 7) is 8.13. The van der Waals surface area contributed by atoms with E-state index in [9.17, 15) is 4.79 Å². The molecule has 0 bridgehead atoms. The molecule has 1 amide bonds. The fraction of sp³-hybridized carbons (Fsp3) is 0.769. The molecule has 0 radical (unpaired) electrons. The molecule has 0 saturated carbocycles. The summed E-state index contributed by atoms with van der Waals surface area (Å²) in [6.07, 6.45) is 2.83. The van der Waals surface area contributed by atoms with E-state index < -0.39 is 0 Å². The van der Waals surface area contributed by atoms with Crippen molar-refractivity contribution in [2.24, 2.45) is 11.8 Å². The first-order chi connectivity index (χ1) is 7.63. The fourth-order valence-electron chi connectivity index (χ4n) is 1.82. The molecular formula is C13H22NOP. The van der Waals surface area contributed by atoms with E-state index in [1.807, 2.05) is 4.90 Å². The van der Waals surface area contributed by atoms with E-state index in [1.54, 1.807) is 0 Å². The molecule has 1 aliphatic heterocycles. The van der Waals surface area contributed by atoms with Crippen LogP contribution in [0, 0.1) is 23.7 Å². The summed E-state index contributed by atoms with van der Waals surface area (Å²) >= 11 is 0. The molecule has 1 saturated heterocycles. The Morgan fingerprint density at radius 3 is 2.56 bits per heavy atom. The van der Waals surface area contributed by atoms with Crippen LogP contribution in [0.2, 0.25) is 0 Å². The Morgan fingerprint density at radius 2 is 2.06 bits per heavy atom. The smallest absolute Gasteiger partial charge is 0.226 e. The lowest BCUT2D eigenvalue weighted by atomic mass is 9.97. The van der Waals surface area contributed by atoms with Crippen molar-refractivity contribution in [3.63, 3.8) is 0 Å². The van der Waals surface area contributed by atoms with Crippen molar-refractivity contribution in [1.29, 1.82) is 0 Å². The average Bonchev–Trinajstić information content (AvgIpc) is 2.27. The number of likely N-dealkylation sites (tertiary alicyclic amines) is 1. The molecule has 0 N–H and O–H groups in total. The van der Waals surface area contributed by atoms with Gasteiger partial charge in [0.25, 0.3) is 0 Å². The molecule has 0 aromatic carbocycles. The zero-order valence-corrected chi connectivity index (χ0v) is 11.5. The number of amides is 1. The third-order valence-corrected chi connectivity index (χ3v) is 3.41. The lowest BCUT2D eigenvalue weighted by Crippen LogP contribution is -2.39. The standard InChI is InChI=1S/C13H22NOP/c1-11(2)4-5-12-6-8-14(9-7-12)13(15)10-16-3/h11-12,16H,6-10H2,1-3H3. The van der Waals surface area contributed by atoms with E-state index in [-0.39, 0.29) is 0 Å². The second kappa shape index (κ2) is 6.92. The van der Waals surface area contributed by atoms with Crippen LogP contribution in [0.3, 0.4) is 0 Å². The van der Waals surface area contributed by atoms with Gasteiger partial charge >= 0.3 is 0 Å². The van der Waals surface area contributed by atoms with Crippen LogP contribution in [0.1, 0.15) is 26.7 Å². The Labute approximate surface area is 101 Å². The first-order valence-corrected chi connectivity index (χ1v) is 7.77. The van der Waals surface area contributed by atoms with Crippen molar-refractivity contribution < 1.29 is 4.79 Å². The molecule has 0 aliphatic carbocycles. The molecule has 2 nitrogen and oxygen atoms in total. The van der Waals surface area contributed by atoms with Crippen LogP contribution in [0.15, 0.2) is 0 Å². The quantitative estimate of drug-likeness (QED) is 0.534. The Hall–Kier alpha value is -0.540. The number of carbonyl (C=O) groups excluding carboxylic acids is 1. The molecule has 1 fully saturated rings. The maximum Gasteiger partial charge on any atom is 0.226 e. The minimum Gasteiger partial charge on any atom is -0.342 e. The molecule has 1 rings (SSSR count). The summed E-state index contributed by atoms with van der Waals surface area (Å²) in [4.78, 5) is 13.7. The van der Waals surface area contributed by atoms with Gasteiger partial charge in [0.1, 0.15) is 0 Å². The zero-order chi connectivity index (χ0) is 12.0. The molecular weight excluding hydrogens is 217 g/mol. The third-order valence-electron chi connectivity index (χ3n) is 2.75. The Kier molecular flexibility index (Phi) is 5.85. The highest BCUT2D eigenvalue weighted by atomic mass is 31.1. The van der Waals surface area contributed by atoms with Gasteiger partial charge in [-0.25, -0.2) is 0 Å². The monoisotopic (exact) mass is 239 g/mol. The highest BCUT2D eigenvalue weighted by Gasteiger charge is 2.20. The van der Waals surface area contributed by atoms with Crippen molar-refractivity contribution in [1.82, 2.24) is 4.90 Å². The Morgan fingerprint density at radius 1 is 1.44 bits per heavy atom. The maximum absolute atomic E-state index is 11.7. The number of rotatable bonds is 2. The van der Waals surface area contributed by atoms with E-state index in [0.29, 0.717) is 17.7 Å². The van der Waals surface area contributed by atoms with Crippen LogP contribution in [-0.2, 0) is 4.79 Å². The number of carbonyl (C=O) groups is 1. The van der Waals surface area contributed by atoms with Crippen LogP contribution in [0.4, 0.5) is 0 Å². The zero-order valence-electron chi connectivity index (χ0n) is 10.5. The second-order valence-corrected chi connectivity index (χ2v) is 5.69. The van der Waals surface area contributed by atoms with Gasteiger partial charge in [-0.3, -0.25) is 4.79 Å². The second-order valence-electron chi connectivity index (χ2n) is 4.63. The minimum absolute atomic E-state index is 0.330. The fourth-order valence-corrected chi connectivity index (χ4v) is 2.35. The predicted octanol–water partition coefficient (Wildman–Crippen LogP) is 2.19. The molecule has 1 atom stereocenters. The highest BCUT2D eigenvalue weighted by molar-refractivity contribution is 7.38. The number of nitrogens with zero attached hydrogens (tertiary/aromatic N) is 1. The van der Waals surface area contributed by atoms with Gasteiger partial charge in [0.2, 0.25) is 5.91 Å². The molecule has 3 heteroatoms. The van der Waals surface area contributed by atoms with E-state index in [1.165, 1.54) is 0 Å². The maximum atomic E-state index is 11.7. The first kappa shape index (κ1) is 13.5. The normalized spacial score (nSPS) is 17.9. The number of hydrogen-bond acceptors (Lipinski definition) is 1. The summed E-state index contributed by atoms with van der Waals surface area (Å²) in [5, 5.41) is 0. The van der Waals surface area contributed by atoms with Gasteiger partial charge in [0.05, 0.1) is 0 Å². The number of piperidine rings is 1. The van der Waals surface area contributed by atoms with E-state index in [2.05, 4.69) is 32.4 Å². The number of hydrogen-bond donors (Lipinski definition) is 0. The van der Waals surface area contributed by atoms with Crippen molar-refractivity contribution in [2.45, 2.75) is 26.7 Å². The first-order valence-electron chi connectivity index (χ1n) is 6.07. The van der Waals surface area contributed by atoms with Gasteiger partial charge in [-0.05, 0) is 19.5 Å². The summed E-state index contributed by atoms with van der Waals surface area (Å²) in [5.74, 6) is 7.86. The van der Waals surface area contributed by atoms with Crippen molar-refractivity contribution >= 4 is 14.5 Å². The molecule has 1 heterocycles. The molecule has 1 aliphatic rings. The minimum atomic E-state index is 0.330. The van der Waals surface area contributed by atoms with Crippen molar-refractivity contribution in [3.05, 3.63) is 0 Å². The highest BCUT2D eigenvalue weighted by Crippen LogP contribution is 2.17. The van der Waals surface area contributed by atoms with Gasteiger partial charge in [0.15, 0.2) is 0 Å². The lowest BCUT2D eigenvalue weighted by Gasteiger charge is -2.29. The average molecular weight is 239 g/mol. The summed E-state index contributed by atoms with van der Waals surface area (Å²) in [6, 6.07) is 0. The summed E-state index contributed by atoms with van der Waals surface area (Å²) in [7, 11) is 0.734. The van der Waals surface area contributed by atoms with E-state index in [4.69, 9.17) is 0 Å². The van der Waals surface area contributed by atoms with Crippen LogP contribution in [-0.4, -0.2) is 36.7 Å². The molecule has 1 unspecified atom stereocenters. The lowest BCUT2D eigenvalue weighted by molar-refractivity contribution is -0.129. The van der Waals surface area contributed by atoms with Gasteiger partial charge in [-0.15, -0.1) is 14.5 Å². The van der Waals surface area contributed by atoms with Gasteiger partial charge in [0, 0.05) is 31.1 Å². The van der Waals surface area contributed by atoms with E-state index >= 15 is 0 Å². The largest absolute Gasteiger partial charge is 0.342 e. The Bertz CT molecular complexity index is 282. The molecule has 0 aromatic heterocycles. The Balaban J connectivity index is 2.34. The van der Waals surface area contributed by atoms with Crippen molar-refractivity contribution in [2.75, 3.05) is 25.9 Å². The SMILES string of the molecule is CPCC(=O)N1CCC(C#CC(C)C)CC1. The van der Waals surface area contributed by atoms with Crippen molar-refractivity contribution in [3.8, 4) is 11.8 Å². The van der Waals surface area contributed by atoms with Crippen LogP contribution in [0.5, 0.6) is 0 Å². The van der Waals surface area contributed by atoms with Crippen LogP contribution in [0.25, 0.3) is 0 Å². The predicted molar refractivity (Wildman–Crippen MR) is 71.0 cm³/mol. The van der Waals surface area contributed by atoms with Gasteiger partial charge in [-0.1, -0.05) is 19.8 Å². The molecule has 0 aromatic rings. The topological polar surface area (TPSA) is 20.3 Å². The van der Waals surface area contributed by atoms with Crippen LogP contribution < -0.4 is 0 Å². The summed E-state index contributed by atoms with van der Waals surface area (Å²) in [5.41, 5.74) is 0. The van der Waals surface area contributed by atoms with Gasteiger partial charge < -0.3 is 4.90 Å². The molecule has 0 spiro atoms. The molecule has 16 heavy (non-hydrogen) atoms. The summed E-state index contributed by atoms with van der Waals surface area (Å²) < 4.78 is 0. The van der Waals surface area contributed by atoms with Gasteiger partial charge in [-0.2, -0.15) is 0 Å². The van der Waals surface area contributed by atoms with E-state index in [0.717, 1.165) is 40.7 Å². The molecule has 90 valence electrons.